The number of aromatic amines is 1. The van der Waals surface area contributed by atoms with Crippen LogP contribution in [-0.2, 0) is 6.54 Å². The fourth-order valence-electron chi connectivity index (χ4n) is 2.75. The van der Waals surface area contributed by atoms with E-state index in [1.54, 1.807) is 0 Å². The minimum Gasteiger partial charge on any atom is -0.381 e. The molecule has 0 aliphatic carbocycles. The summed E-state index contributed by atoms with van der Waals surface area (Å²) in [5, 5.41) is 12.2. The Hall–Kier alpha value is -2.78. The molecule has 3 nitrogen and oxygen atoms in total. The van der Waals surface area contributed by atoms with Crippen LogP contribution in [0.4, 0.5) is 5.69 Å². The highest BCUT2D eigenvalue weighted by Gasteiger charge is 2.08. The first kappa shape index (κ1) is 16.1. The maximum Gasteiger partial charge on any atom is 0.0999 e. The molecule has 0 atom stereocenters. The number of H-pyrrole nitrogens is 1. The van der Waals surface area contributed by atoms with Gasteiger partial charge in [-0.2, -0.15) is 5.10 Å². The average Bonchev–Trinajstić information content (AvgIpc) is 3.05. The number of nitrogens with zero attached hydrogens (tertiary/aromatic N) is 1. The van der Waals surface area contributed by atoms with Crippen LogP contribution in [0.2, 0.25) is 0 Å². The second-order valence-electron chi connectivity index (χ2n) is 5.54. The molecule has 1 aromatic heterocycles. The number of nitrogens with one attached hydrogen (secondary N) is 2. The maximum atomic E-state index is 4.47. The van der Waals surface area contributed by atoms with E-state index in [-0.39, 0.29) is 12.4 Å². The highest BCUT2D eigenvalue weighted by atomic mass is 35.5. The molecule has 0 saturated carbocycles. The van der Waals surface area contributed by atoms with Crippen molar-refractivity contribution in [3.05, 3.63) is 84.4 Å². The van der Waals surface area contributed by atoms with E-state index in [9.17, 15) is 0 Å². The van der Waals surface area contributed by atoms with Crippen LogP contribution in [0.1, 0.15) is 5.56 Å². The van der Waals surface area contributed by atoms with Crippen molar-refractivity contribution in [2.24, 2.45) is 0 Å². The van der Waals surface area contributed by atoms with Crippen molar-refractivity contribution in [3.8, 4) is 11.3 Å². The van der Waals surface area contributed by atoms with E-state index >= 15 is 0 Å². The summed E-state index contributed by atoms with van der Waals surface area (Å²) in [6.07, 6.45) is 0. The molecule has 3 aromatic carbocycles. The van der Waals surface area contributed by atoms with Gasteiger partial charge in [-0.3, -0.25) is 5.10 Å². The molecule has 0 aliphatic rings. The van der Waals surface area contributed by atoms with E-state index in [1.165, 1.54) is 5.56 Å². The Morgan fingerprint density at radius 1 is 0.833 bits per heavy atom. The van der Waals surface area contributed by atoms with Crippen LogP contribution in [0.3, 0.4) is 0 Å². The fraction of sp³-hybridized carbons (Fsp3) is 0.0500. The number of rotatable bonds is 4. The molecule has 120 valence electrons. The summed E-state index contributed by atoms with van der Waals surface area (Å²) in [4.78, 5) is 0. The van der Waals surface area contributed by atoms with E-state index in [1.807, 2.05) is 24.3 Å². The molecule has 0 spiro atoms. The zero-order valence-electron chi connectivity index (χ0n) is 13.1. The number of anilines is 1. The quantitative estimate of drug-likeness (QED) is 0.533. The maximum absolute atomic E-state index is 4.47. The van der Waals surface area contributed by atoms with Crippen LogP contribution in [0.5, 0.6) is 0 Å². The molecule has 4 aromatic rings. The Morgan fingerprint density at radius 2 is 1.54 bits per heavy atom. The van der Waals surface area contributed by atoms with Crippen molar-refractivity contribution in [1.29, 1.82) is 0 Å². The van der Waals surface area contributed by atoms with Gasteiger partial charge in [-0.1, -0.05) is 60.7 Å². The van der Waals surface area contributed by atoms with Gasteiger partial charge in [-0.15, -0.1) is 12.4 Å². The summed E-state index contributed by atoms with van der Waals surface area (Å²) in [7, 11) is 0. The fourth-order valence-corrected chi connectivity index (χ4v) is 2.75. The largest absolute Gasteiger partial charge is 0.381 e. The second kappa shape index (κ2) is 7.20. The topological polar surface area (TPSA) is 40.7 Å². The third-order valence-electron chi connectivity index (χ3n) is 3.95. The summed E-state index contributed by atoms with van der Waals surface area (Å²) in [6, 6.07) is 27.0. The third kappa shape index (κ3) is 3.26. The lowest BCUT2D eigenvalue weighted by molar-refractivity contribution is 1.12. The summed E-state index contributed by atoms with van der Waals surface area (Å²) >= 11 is 0. The van der Waals surface area contributed by atoms with E-state index < -0.39 is 0 Å². The van der Waals surface area contributed by atoms with Crippen molar-refractivity contribution in [3.63, 3.8) is 0 Å². The van der Waals surface area contributed by atoms with E-state index in [4.69, 9.17) is 0 Å². The molecule has 0 fully saturated rings. The molecule has 0 bridgehead atoms. The molecular weight excluding hydrogens is 318 g/mol. The molecule has 0 unspecified atom stereocenters. The van der Waals surface area contributed by atoms with Gasteiger partial charge >= 0.3 is 0 Å². The van der Waals surface area contributed by atoms with Crippen LogP contribution < -0.4 is 5.32 Å². The van der Waals surface area contributed by atoms with Gasteiger partial charge in [-0.25, -0.2) is 0 Å². The van der Waals surface area contributed by atoms with Gasteiger partial charge in [0.2, 0.25) is 0 Å². The number of halogens is 1. The number of fused-ring (bicyclic) bond motifs is 1. The molecule has 0 amide bonds. The van der Waals surface area contributed by atoms with Gasteiger partial charge in [0.25, 0.3) is 0 Å². The van der Waals surface area contributed by atoms with Gasteiger partial charge in [0.1, 0.15) is 0 Å². The molecule has 1 heterocycles. The molecule has 4 rings (SSSR count). The van der Waals surface area contributed by atoms with Crippen molar-refractivity contribution in [2.45, 2.75) is 6.54 Å². The van der Waals surface area contributed by atoms with Crippen LogP contribution >= 0.6 is 12.4 Å². The predicted molar refractivity (Wildman–Crippen MR) is 103 cm³/mol. The molecule has 2 N–H and O–H groups in total. The number of hydrogen-bond donors (Lipinski definition) is 2. The standard InChI is InChI=1S/C20H17N3.ClH/c1-3-7-15(8-4-1)14-21-17-11-12-18-19(13-17)22-23-20(18)16-9-5-2-6-10-16;/h1-13,21H,14H2,(H,22,23);1H. The minimum atomic E-state index is 0. The zero-order valence-corrected chi connectivity index (χ0v) is 13.9. The van der Waals surface area contributed by atoms with Gasteiger partial charge in [0.05, 0.1) is 11.2 Å². The first-order valence-electron chi connectivity index (χ1n) is 7.71. The van der Waals surface area contributed by atoms with E-state index in [2.05, 4.69) is 70.1 Å². The Labute approximate surface area is 147 Å². The summed E-state index contributed by atoms with van der Waals surface area (Å²) in [5.41, 5.74) is 5.52. The molecule has 4 heteroatoms. The zero-order chi connectivity index (χ0) is 15.5. The molecule has 0 radical (unpaired) electrons. The van der Waals surface area contributed by atoms with Crippen LogP contribution in [0.25, 0.3) is 22.2 Å². The van der Waals surface area contributed by atoms with Gasteiger partial charge in [0.15, 0.2) is 0 Å². The van der Waals surface area contributed by atoms with Crippen LogP contribution in [-0.4, -0.2) is 10.2 Å². The lowest BCUT2D eigenvalue weighted by atomic mass is 10.1. The Kier molecular flexibility index (Phi) is 4.82. The molecular formula is C20H18ClN3. The predicted octanol–water partition coefficient (Wildman–Crippen LogP) is 5.26. The smallest absolute Gasteiger partial charge is 0.0999 e. The van der Waals surface area contributed by atoms with Crippen molar-refractivity contribution >= 4 is 29.0 Å². The third-order valence-corrected chi connectivity index (χ3v) is 3.95. The van der Waals surface area contributed by atoms with Gasteiger partial charge in [-0.05, 0) is 23.8 Å². The Morgan fingerprint density at radius 3 is 2.29 bits per heavy atom. The average molecular weight is 336 g/mol. The number of benzene rings is 3. The second-order valence-corrected chi connectivity index (χ2v) is 5.54. The first-order valence-corrected chi connectivity index (χ1v) is 7.71. The first-order chi connectivity index (χ1) is 11.4. The lowest BCUT2D eigenvalue weighted by Crippen LogP contribution is -1.98. The summed E-state index contributed by atoms with van der Waals surface area (Å²) in [5.74, 6) is 0. The van der Waals surface area contributed by atoms with Crippen LogP contribution in [0.15, 0.2) is 78.9 Å². The molecule has 0 aliphatic heterocycles. The SMILES string of the molecule is Cl.c1ccc(CNc2ccc3c(-c4ccccc4)n[nH]c3c2)cc1. The summed E-state index contributed by atoms with van der Waals surface area (Å²) < 4.78 is 0. The Bertz CT molecular complexity index is 917. The molecule has 0 saturated heterocycles. The lowest BCUT2D eigenvalue weighted by Gasteiger charge is -2.06. The van der Waals surface area contributed by atoms with Crippen molar-refractivity contribution in [1.82, 2.24) is 10.2 Å². The monoisotopic (exact) mass is 335 g/mol. The minimum absolute atomic E-state index is 0. The van der Waals surface area contributed by atoms with Gasteiger partial charge in [0, 0.05) is 23.2 Å². The normalized spacial score (nSPS) is 10.3. The molecule has 24 heavy (non-hydrogen) atoms. The van der Waals surface area contributed by atoms with Crippen LogP contribution in [0, 0.1) is 0 Å². The number of hydrogen-bond acceptors (Lipinski definition) is 2. The Balaban J connectivity index is 0.00000169. The highest BCUT2D eigenvalue weighted by Crippen LogP contribution is 2.27. The van der Waals surface area contributed by atoms with E-state index in [0.29, 0.717) is 0 Å². The highest BCUT2D eigenvalue weighted by molar-refractivity contribution is 5.94. The number of aromatic nitrogens is 2. The summed E-state index contributed by atoms with van der Waals surface area (Å²) in [6.45, 7) is 0.812. The van der Waals surface area contributed by atoms with Crippen molar-refractivity contribution < 1.29 is 0 Å². The van der Waals surface area contributed by atoms with Gasteiger partial charge < -0.3 is 5.32 Å². The van der Waals surface area contributed by atoms with Crippen molar-refractivity contribution in [2.75, 3.05) is 5.32 Å². The van der Waals surface area contributed by atoms with E-state index in [0.717, 1.165) is 34.4 Å².